The van der Waals surface area contributed by atoms with Gasteiger partial charge in [-0.25, -0.2) is 0 Å². The third-order valence-corrected chi connectivity index (χ3v) is 4.90. The van der Waals surface area contributed by atoms with Crippen molar-refractivity contribution in [1.82, 2.24) is 5.32 Å². The van der Waals surface area contributed by atoms with Crippen LogP contribution in [0, 0.1) is 0 Å². The summed E-state index contributed by atoms with van der Waals surface area (Å²) in [6, 6.07) is 13.5. The second-order valence-electron chi connectivity index (χ2n) is 4.92. The zero-order valence-electron chi connectivity index (χ0n) is 11.2. The van der Waals surface area contributed by atoms with E-state index in [0.29, 0.717) is 0 Å². The van der Waals surface area contributed by atoms with Crippen LogP contribution in [0.5, 0.6) is 0 Å². The number of hydrogen-bond donors (Lipinski definition) is 2. The molecule has 3 rings (SSSR count). The predicted octanol–water partition coefficient (Wildman–Crippen LogP) is 4.04. The van der Waals surface area contributed by atoms with Gasteiger partial charge in [-0.15, -0.1) is 0 Å². The van der Waals surface area contributed by atoms with Crippen molar-refractivity contribution in [3.63, 3.8) is 0 Å². The number of fused-ring (bicyclic) bond motifs is 1. The molecule has 0 aliphatic carbocycles. The monoisotopic (exact) mass is 408 g/mol. The van der Waals surface area contributed by atoms with E-state index in [-0.39, 0.29) is 11.9 Å². The first-order chi connectivity index (χ1) is 10.2. The number of hydrogen-bond acceptors (Lipinski definition) is 2. The van der Waals surface area contributed by atoms with Gasteiger partial charge in [0.1, 0.15) is 6.04 Å². The molecule has 0 spiro atoms. The number of para-hydroxylation sites is 1. The van der Waals surface area contributed by atoms with Crippen LogP contribution in [-0.4, -0.2) is 12.5 Å². The lowest BCUT2D eigenvalue weighted by Crippen LogP contribution is -2.38. The van der Waals surface area contributed by atoms with Gasteiger partial charge in [-0.2, -0.15) is 0 Å². The Morgan fingerprint density at radius 1 is 1.10 bits per heavy atom. The van der Waals surface area contributed by atoms with E-state index >= 15 is 0 Å². The van der Waals surface area contributed by atoms with Gasteiger partial charge >= 0.3 is 0 Å². The van der Waals surface area contributed by atoms with Crippen LogP contribution in [-0.2, 0) is 11.2 Å². The molecule has 0 saturated heterocycles. The third kappa shape index (κ3) is 3.05. The van der Waals surface area contributed by atoms with Crippen molar-refractivity contribution in [2.45, 2.75) is 12.5 Å². The van der Waals surface area contributed by atoms with Crippen molar-refractivity contribution in [3.05, 3.63) is 62.5 Å². The lowest BCUT2D eigenvalue weighted by atomic mass is 9.94. The van der Waals surface area contributed by atoms with Crippen molar-refractivity contribution in [3.8, 4) is 0 Å². The summed E-state index contributed by atoms with van der Waals surface area (Å²) in [6.07, 6.45) is 0.957. The second kappa shape index (κ2) is 6.30. The van der Waals surface area contributed by atoms with E-state index in [1.807, 2.05) is 36.4 Å². The smallest absolute Gasteiger partial charge is 0.246 e. The van der Waals surface area contributed by atoms with Crippen molar-refractivity contribution >= 4 is 43.5 Å². The van der Waals surface area contributed by atoms with Gasteiger partial charge in [0, 0.05) is 15.5 Å². The lowest BCUT2D eigenvalue weighted by molar-refractivity contribution is -0.118. The van der Waals surface area contributed by atoms with Crippen LogP contribution < -0.4 is 10.6 Å². The van der Waals surface area contributed by atoms with Crippen LogP contribution in [0.2, 0.25) is 0 Å². The standard InChI is InChI=1S/C16H14Br2N2O/c17-12-6-3-7-13(18)15(12)20-16(21)14-11-5-2-1-4-10(11)8-9-19-14/h1-7,14,19H,8-9H2,(H,20,21). The highest BCUT2D eigenvalue weighted by molar-refractivity contribution is 9.11. The molecule has 1 atom stereocenters. The molecular formula is C16H14Br2N2O. The Balaban J connectivity index is 1.87. The van der Waals surface area contributed by atoms with Gasteiger partial charge < -0.3 is 10.6 Å². The van der Waals surface area contributed by atoms with Crippen molar-refractivity contribution < 1.29 is 4.79 Å². The maximum absolute atomic E-state index is 12.6. The minimum absolute atomic E-state index is 0.0465. The number of halogens is 2. The van der Waals surface area contributed by atoms with Crippen molar-refractivity contribution in [2.75, 3.05) is 11.9 Å². The maximum atomic E-state index is 12.6. The van der Waals surface area contributed by atoms with Crippen LogP contribution >= 0.6 is 31.9 Å². The summed E-state index contributed by atoms with van der Waals surface area (Å²) in [7, 11) is 0. The van der Waals surface area contributed by atoms with Gasteiger partial charge in [-0.1, -0.05) is 30.3 Å². The lowest BCUT2D eigenvalue weighted by Gasteiger charge is -2.26. The number of anilines is 1. The highest BCUT2D eigenvalue weighted by atomic mass is 79.9. The Bertz CT molecular complexity index is 667. The zero-order valence-corrected chi connectivity index (χ0v) is 14.4. The average Bonchev–Trinajstić information content (AvgIpc) is 2.50. The molecule has 2 aromatic rings. The van der Waals surface area contributed by atoms with Crippen molar-refractivity contribution in [2.24, 2.45) is 0 Å². The number of carbonyl (C=O) groups is 1. The molecule has 5 heteroatoms. The van der Waals surface area contributed by atoms with E-state index in [0.717, 1.165) is 33.2 Å². The van der Waals surface area contributed by atoms with E-state index in [4.69, 9.17) is 0 Å². The SMILES string of the molecule is O=C(Nc1c(Br)cccc1Br)C1NCCc2ccccc21. The molecule has 1 aliphatic rings. The molecule has 3 nitrogen and oxygen atoms in total. The van der Waals surface area contributed by atoms with Crippen molar-refractivity contribution in [1.29, 1.82) is 0 Å². The minimum Gasteiger partial charge on any atom is -0.322 e. The van der Waals surface area contributed by atoms with E-state index in [9.17, 15) is 4.79 Å². The number of benzene rings is 2. The molecule has 1 amide bonds. The molecule has 0 radical (unpaired) electrons. The number of rotatable bonds is 2. The van der Waals surface area contributed by atoms with Crippen LogP contribution in [0.1, 0.15) is 17.2 Å². The summed E-state index contributed by atoms with van der Waals surface area (Å²) < 4.78 is 1.71. The minimum atomic E-state index is -0.311. The average molecular weight is 410 g/mol. The van der Waals surface area contributed by atoms with Gasteiger partial charge in [0.25, 0.3) is 0 Å². The number of amides is 1. The molecule has 1 unspecified atom stereocenters. The molecule has 0 bridgehead atoms. The summed E-state index contributed by atoms with van der Waals surface area (Å²) >= 11 is 6.93. The van der Waals surface area contributed by atoms with Crippen LogP contribution in [0.3, 0.4) is 0 Å². The van der Waals surface area contributed by atoms with E-state index in [1.54, 1.807) is 0 Å². The molecule has 0 fully saturated rings. The summed E-state index contributed by atoms with van der Waals surface area (Å²) in [6.45, 7) is 0.812. The van der Waals surface area contributed by atoms with Gasteiger partial charge in [0.05, 0.1) is 5.69 Å². The van der Waals surface area contributed by atoms with Crippen LogP contribution in [0.25, 0.3) is 0 Å². The molecule has 1 heterocycles. The Kier molecular flexibility index (Phi) is 4.42. The normalized spacial score (nSPS) is 17.1. The summed E-state index contributed by atoms with van der Waals surface area (Å²) in [4.78, 5) is 12.6. The largest absolute Gasteiger partial charge is 0.322 e. The molecule has 1 aliphatic heterocycles. The zero-order chi connectivity index (χ0) is 14.8. The van der Waals surface area contributed by atoms with E-state index < -0.39 is 0 Å². The first-order valence-electron chi connectivity index (χ1n) is 6.73. The van der Waals surface area contributed by atoms with Gasteiger partial charge in [0.2, 0.25) is 5.91 Å². The molecule has 2 aromatic carbocycles. The maximum Gasteiger partial charge on any atom is 0.246 e. The number of nitrogens with one attached hydrogen (secondary N) is 2. The van der Waals surface area contributed by atoms with E-state index in [1.165, 1.54) is 5.56 Å². The van der Waals surface area contributed by atoms with E-state index in [2.05, 4.69) is 48.6 Å². The highest BCUT2D eigenvalue weighted by Gasteiger charge is 2.26. The molecule has 21 heavy (non-hydrogen) atoms. The fourth-order valence-electron chi connectivity index (χ4n) is 2.55. The Labute approximate surface area is 140 Å². The van der Waals surface area contributed by atoms with Gasteiger partial charge in [-0.3, -0.25) is 4.79 Å². The van der Waals surface area contributed by atoms with Crippen LogP contribution in [0.15, 0.2) is 51.4 Å². The van der Waals surface area contributed by atoms with Gasteiger partial charge in [0.15, 0.2) is 0 Å². The fourth-order valence-corrected chi connectivity index (χ4v) is 3.75. The second-order valence-corrected chi connectivity index (χ2v) is 6.63. The van der Waals surface area contributed by atoms with Gasteiger partial charge in [-0.05, 0) is 61.5 Å². The molecule has 2 N–H and O–H groups in total. The topological polar surface area (TPSA) is 41.1 Å². The first kappa shape index (κ1) is 14.8. The number of carbonyl (C=O) groups excluding carboxylic acids is 1. The fraction of sp³-hybridized carbons (Fsp3) is 0.188. The Morgan fingerprint density at radius 3 is 2.57 bits per heavy atom. The predicted molar refractivity (Wildman–Crippen MR) is 91.4 cm³/mol. The van der Waals surface area contributed by atoms with Crippen LogP contribution in [0.4, 0.5) is 5.69 Å². The Morgan fingerprint density at radius 2 is 1.81 bits per heavy atom. The molecular weight excluding hydrogens is 396 g/mol. The molecule has 0 saturated carbocycles. The summed E-state index contributed by atoms with van der Waals surface area (Å²) in [5.74, 6) is -0.0465. The first-order valence-corrected chi connectivity index (χ1v) is 8.31. The molecule has 108 valence electrons. The quantitative estimate of drug-likeness (QED) is 0.785. The summed E-state index contributed by atoms with van der Waals surface area (Å²) in [5, 5.41) is 6.29. The third-order valence-electron chi connectivity index (χ3n) is 3.58. The highest BCUT2D eigenvalue weighted by Crippen LogP contribution is 2.32. The molecule has 0 aromatic heterocycles. The Hall–Kier alpha value is -1.17. The summed E-state index contributed by atoms with van der Waals surface area (Å²) in [5.41, 5.74) is 3.05.